The smallest absolute Gasteiger partial charge is 0.208 e. The Morgan fingerprint density at radius 3 is 2.62 bits per heavy atom. The SMILES string of the molecule is N#CC(N=Nc1ccc(Cl)cc1)c1nc2ccccc2s1. The number of para-hydroxylation sites is 1. The summed E-state index contributed by atoms with van der Waals surface area (Å²) in [5, 5.41) is 18.7. The number of thiazole rings is 1. The lowest BCUT2D eigenvalue weighted by Gasteiger charge is -1.97. The molecule has 0 amide bonds. The molecule has 0 saturated heterocycles. The first kappa shape index (κ1) is 13.7. The van der Waals surface area contributed by atoms with Crippen LogP contribution in [0.4, 0.5) is 5.69 Å². The summed E-state index contributed by atoms with van der Waals surface area (Å²) in [6.45, 7) is 0. The van der Waals surface area contributed by atoms with Crippen molar-refractivity contribution in [2.75, 3.05) is 0 Å². The lowest BCUT2D eigenvalue weighted by atomic mass is 10.3. The molecule has 0 saturated carbocycles. The fourth-order valence-electron chi connectivity index (χ4n) is 1.77. The Balaban J connectivity index is 1.88. The summed E-state index contributed by atoms with van der Waals surface area (Å²) in [6.07, 6.45) is 0. The zero-order valence-corrected chi connectivity index (χ0v) is 12.3. The molecular formula is C15H9ClN4S. The number of benzene rings is 2. The van der Waals surface area contributed by atoms with E-state index in [2.05, 4.69) is 21.3 Å². The molecule has 0 aliphatic rings. The third-order valence-corrected chi connectivity index (χ3v) is 4.12. The fraction of sp³-hybridized carbons (Fsp3) is 0.0667. The molecule has 1 heterocycles. The Morgan fingerprint density at radius 1 is 1.14 bits per heavy atom. The second-order valence-corrected chi connectivity index (χ2v) is 5.74. The van der Waals surface area contributed by atoms with Gasteiger partial charge >= 0.3 is 0 Å². The maximum absolute atomic E-state index is 9.27. The minimum atomic E-state index is -0.696. The van der Waals surface area contributed by atoms with Gasteiger partial charge in [0.25, 0.3) is 0 Å². The van der Waals surface area contributed by atoms with E-state index in [1.54, 1.807) is 24.3 Å². The van der Waals surface area contributed by atoms with E-state index in [1.807, 2.05) is 24.3 Å². The van der Waals surface area contributed by atoms with E-state index in [1.165, 1.54) is 11.3 Å². The largest absolute Gasteiger partial charge is 0.238 e. The maximum atomic E-state index is 9.27. The van der Waals surface area contributed by atoms with E-state index < -0.39 is 6.04 Å². The second kappa shape index (κ2) is 6.00. The number of aromatic nitrogens is 1. The van der Waals surface area contributed by atoms with Gasteiger partial charge in [-0.15, -0.1) is 11.3 Å². The minimum Gasteiger partial charge on any atom is -0.238 e. The van der Waals surface area contributed by atoms with Crippen LogP contribution in [0, 0.1) is 11.3 Å². The Bertz CT molecular complexity index is 800. The summed E-state index contributed by atoms with van der Waals surface area (Å²) >= 11 is 7.27. The maximum Gasteiger partial charge on any atom is 0.208 e. The van der Waals surface area contributed by atoms with E-state index in [4.69, 9.17) is 11.6 Å². The number of fused-ring (bicyclic) bond motifs is 1. The summed E-state index contributed by atoms with van der Waals surface area (Å²) in [4.78, 5) is 4.43. The number of halogens is 1. The van der Waals surface area contributed by atoms with Crippen LogP contribution in [0.3, 0.4) is 0 Å². The van der Waals surface area contributed by atoms with Crippen molar-refractivity contribution < 1.29 is 0 Å². The molecule has 6 heteroatoms. The van der Waals surface area contributed by atoms with Gasteiger partial charge in [0.15, 0.2) is 0 Å². The first-order valence-electron chi connectivity index (χ1n) is 6.18. The number of azo groups is 1. The summed E-state index contributed by atoms with van der Waals surface area (Å²) < 4.78 is 1.04. The molecule has 3 aromatic rings. The first-order chi connectivity index (χ1) is 10.3. The molecule has 102 valence electrons. The predicted molar refractivity (Wildman–Crippen MR) is 83.9 cm³/mol. The summed E-state index contributed by atoms with van der Waals surface area (Å²) in [5.74, 6) is 0. The molecule has 0 aliphatic carbocycles. The predicted octanol–water partition coefficient (Wildman–Crippen LogP) is 5.30. The molecule has 0 radical (unpaired) electrons. The van der Waals surface area contributed by atoms with Gasteiger partial charge in [0.2, 0.25) is 6.04 Å². The number of nitrogens with zero attached hydrogens (tertiary/aromatic N) is 4. The van der Waals surface area contributed by atoms with Crippen molar-refractivity contribution in [2.24, 2.45) is 10.2 Å². The van der Waals surface area contributed by atoms with Gasteiger partial charge in [0.1, 0.15) is 5.01 Å². The standard InChI is InChI=1S/C15H9ClN4S/c16-10-5-7-11(8-6-10)19-20-13(9-17)15-18-12-3-1-2-4-14(12)21-15/h1-8,13H. The van der Waals surface area contributed by atoms with Gasteiger partial charge in [-0.05, 0) is 36.4 Å². The molecule has 21 heavy (non-hydrogen) atoms. The normalized spacial score (nSPS) is 12.6. The number of rotatable bonds is 3. The lowest BCUT2D eigenvalue weighted by Crippen LogP contribution is -1.89. The van der Waals surface area contributed by atoms with Crippen molar-refractivity contribution in [3.05, 3.63) is 58.6 Å². The van der Waals surface area contributed by atoms with Gasteiger partial charge in [-0.3, -0.25) is 0 Å². The van der Waals surface area contributed by atoms with Gasteiger partial charge in [-0.1, -0.05) is 23.7 Å². The molecule has 0 spiro atoms. The molecular weight excluding hydrogens is 304 g/mol. The summed E-state index contributed by atoms with van der Waals surface area (Å²) in [5.41, 5.74) is 1.53. The molecule has 0 fully saturated rings. The molecule has 0 aliphatic heterocycles. The topological polar surface area (TPSA) is 61.4 Å². The van der Waals surface area contributed by atoms with Crippen molar-refractivity contribution in [3.63, 3.8) is 0 Å². The van der Waals surface area contributed by atoms with Gasteiger partial charge in [-0.2, -0.15) is 15.5 Å². The van der Waals surface area contributed by atoms with Crippen LogP contribution in [0.5, 0.6) is 0 Å². The van der Waals surface area contributed by atoms with Crippen LogP contribution in [-0.2, 0) is 0 Å². The molecule has 1 unspecified atom stereocenters. The van der Waals surface area contributed by atoms with Crippen LogP contribution in [-0.4, -0.2) is 4.98 Å². The molecule has 0 bridgehead atoms. The van der Waals surface area contributed by atoms with E-state index in [9.17, 15) is 5.26 Å². The van der Waals surface area contributed by atoms with Crippen molar-refractivity contribution in [2.45, 2.75) is 6.04 Å². The van der Waals surface area contributed by atoms with Crippen LogP contribution in [0.15, 0.2) is 58.8 Å². The number of nitriles is 1. The second-order valence-electron chi connectivity index (χ2n) is 4.24. The van der Waals surface area contributed by atoms with E-state index >= 15 is 0 Å². The molecule has 1 aromatic heterocycles. The van der Waals surface area contributed by atoms with Gasteiger partial charge in [-0.25, -0.2) is 4.98 Å². The molecule has 3 rings (SSSR count). The van der Waals surface area contributed by atoms with Crippen molar-refractivity contribution in [1.82, 2.24) is 4.98 Å². The van der Waals surface area contributed by atoms with E-state index in [0.29, 0.717) is 15.7 Å². The fourth-order valence-corrected chi connectivity index (χ4v) is 2.84. The highest BCUT2D eigenvalue weighted by molar-refractivity contribution is 7.18. The third-order valence-electron chi connectivity index (χ3n) is 2.78. The van der Waals surface area contributed by atoms with Gasteiger partial charge < -0.3 is 0 Å². The minimum absolute atomic E-state index is 0.636. The zero-order chi connectivity index (χ0) is 14.7. The van der Waals surface area contributed by atoms with Crippen molar-refractivity contribution >= 4 is 38.8 Å². The van der Waals surface area contributed by atoms with Crippen LogP contribution in [0.1, 0.15) is 11.0 Å². The van der Waals surface area contributed by atoms with Crippen LogP contribution in [0.25, 0.3) is 10.2 Å². The monoisotopic (exact) mass is 312 g/mol. The van der Waals surface area contributed by atoms with Gasteiger partial charge in [0.05, 0.1) is 22.0 Å². The highest BCUT2D eigenvalue weighted by Gasteiger charge is 2.14. The Hall–Kier alpha value is -2.29. The summed E-state index contributed by atoms with van der Waals surface area (Å²) in [6, 6.07) is 16.1. The highest BCUT2D eigenvalue weighted by Crippen LogP contribution is 2.29. The van der Waals surface area contributed by atoms with Crippen molar-refractivity contribution in [1.29, 1.82) is 5.26 Å². The number of hydrogen-bond acceptors (Lipinski definition) is 5. The third kappa shape index (κ3) is 3.07. The lowest BCUT2D eigenvalue weighted by molar-refractivity contribution is 0.845. The molecule has 4 nitrogen and oxygen atoms in total. The van der Waals surface area contributed by atoms with Crippen LogP contribution in [0.2, 0.25) is 5.02 Å². The highest BCUT2D eigenvalue weighted by atomic mass is 35.5. The Kier molecular flexibility index (Phi) is 3.91. The van der Waals surface area contributed by atoms with Crippen LogP contribution >= 0.6 is 22.9 Å². The zero-order valence-electron chi connectivity index (χ0n) is 10.8. The van der Waals surface area contributed by atoms with E-state index in [-0.39, 0.29) is 0 Å². The average molecular weight is 313 g/mol. The van der Waals surface area contributed by atoms with Crippen LogP contribution < -0.4 is 0 Å². The van der Waals surface area contributed by atoms with Crippen molar-refractivity contribution in [3.8, 4) is 6.07 Å². The molecule has 0 N–H and O–H groups in total. The Morgan fingerprint density at radius 2 is 1.90 bits per heavy atom. The number of hydrogen-bond donors (Lipinski definition) is 0. The van der Waals surface area contributed by atoms with E-state index in [0.717, 1.165) is 10.2 Å². The first-order valence-corrected chi connectivity index (χ1v) is 7.37. The molecule has 1 atom stereocenters. The molecule has 2 aromatic carbocycles. The Labute approximate surface area is 130 Å². The van der Waals surface area contributed by atoms with Gasteiger partial charge in [0, 0.05) is 5.02 Å². The quantitative estimate of drug-likeness (QED) is 0.616. The summed E-state index contributed by atoms with van der Waals surface area (Å²) in [7, 11) is 0. The average Bonchev–Trinajstić information content (AvgIpc) is 2.93.